The van der Waals surface area contributed by atoms with Crippen LogP contribution in [0.15, 0.2) is 55.0 Å². The molecule has 0 atom stereocenters. The van der Waals surface area contributed by atoms with E-state index >= 15 is 0 Å². The normalized spacial score (nSPS) is 14.8. The number of aromatic nitrogens is 2. The number of benzene rings is 1. The van der Waals surface area contributed by atoms with E-state index in [1.807, 2.05) is 28.8 Å². The molecule has 0 aliphatic carbocycles. The molecular weight excluding hydrogens is 300 g/mol. The fourth-order valence-electron chi connectivity index (χ4n) is 3.17. The van der Waals surface area contributed by atoms with Crippen molar-refractivity contribution in [3.05, 3.63) is 60.6 Å². The summed E-state index contributed by atoms with van der Waals surface area (Å²) < 4.78 is 1.84. The fourth-order valence-corrected chi connectivity index (χ4v) is 3.17. The first kappa shape index (κ1) is 14.8. The number of rotatable bonds is 3. The van der Waals surface area contributed by atoms with Crippen molar-refractivity contribution in [1.82, 2.24) is 9.38 Å². The molecule has 5 heteroatoms. The van der Waals surface area contributed by atoms with E-state index in [4.69, 9.17) is 0 Å². The zero-order valence-electron chi connectivity index (χ0n) is 13.5. The summed E-state index contributed by atoms with van der Waals surface area (Å²) in [6.07, 6.45) is 9.19. The summed E-state index contributed by atoms with van der Waals surface area (Å²) >= 11 is 0. The Morgan fingerprint density at radius 2 is 1.79 bits per heavy atom. The molecule has 3 heterocycles. The second kappa shape index (κ2) is 6.35. The summed E-state index contributed by atoms with van der Waals surface area (Å²) in [7, 11) is 0. The van der Waals surface area contributed by atoms with Gasteiger partial charge in [-0.1, -0.05) is 0 Å². The highest BCUT2D eigenvalue weighted by Crippen LogP contribution is 2.22. The van der Waals surface area contributed by atoms with Crippen LogP contribution in [0.3, 0.4) is 0 Å². The zero-order chi connectivity index (χ0) is 16.4. The maximum absolute atomic E-state index is 12.4. The third-order valence-electron chi connectivity index (χ3n) is 4.50. The molecule has 122 valence electrons. The van der Waals surface area contributed by atoms with Crippen molar-refractivity contribution in [2.24, 2.45) is 0 Å². The highest BCUT2D eigenvalue weighted by atomic mass is 16.1. The Morgan fingerprint density at radius 3 is 2.58 bits per heavy atom. The first-order valence-electron chi connectivity index (χ1n) is 8.39. The minimum Gasteiger partial charge on any atom is -0.372 e. The Hall–Kier alpha value is -2.82. The topological polar surface area (TPSA) is 49.6 Å². The summed E-state index contributed by atoms with van der Waals surface area (Å²) in [6.45, 7) is 2.24. The lowest BCUT2D eigenvalue weighted by atomic mass is 10.1. The molecule has 1 saturated heterocycles. The van der Waals surface area contributed by atoms with E-state index < -0.39 is 0 Å². The van der Waals surface area contributed by atoms with Gasteiger partial charge in [0.25, 0.3) is 5.91 Å². The number of nitrogens with zero attached hydrogens (tertiary/aromatic N) is 3. The molecule has 1 amide bonds. The van der Waals surface area contributed by atoms with Crippen molar-refractivity contribution in [2.45, 2.75) is 19.3 Å². The number of pyridine rings is 1. The first-order chi connectivity index (χ1) is 11.8. The minimum absolute atomic E-state index is 0.115. The Balaban J connectivity index is 1.46. The van der Waals surface area contributed by atoms with Gasteiger partial charge in [-0.15, -0.1) is 0 Å². The Labute approximate surface area is 140 Å². The lowest BCUT2D eigenvalue weighted by molar-refractivity contribution is 0.102. The molecular formula is C19H20N4O. The molecule has 0 spiro atoms. The van der Waals surface area contributed by atoms with Gasteiger partial charge >= 0.3 is 0 Å². The van der Waals surface area contributed by atoms with E-state index in [1.54, 1.807) is 18.5 Å². The van der Waals surface area contributed by atoms with Gasteiger partial charge in [-0.25, -0.2) is 4.98 Å². The van der Waals surface area contributed by atoms with Crippen LogP contribution in [0.25, 0.3) is 5.65 Å². The summed E-state index contributed by atoms with van der Waals surface area (Å²) in [5.74, 6) is -0.115. The van der Waals surface area contributed by atoms with Gasteiger partial charge in [-0.05, 0) is 55.7 Å². The van der Waals surface area contributed by atoms with Gasteiger partial charge in [0.1, 0.15) is 5.65 Å². The van der Waals surface area contributed by atoms with Crippen LogP contribution in [0.4, 0.5) is 11.4 Å². The molecule has 1 fully saturated rings. The lowest BCUT2D eigenvalue weighted by Gasteiger charge is -2.28. The highest BCUT2D eigenvalue weighted by molar-refractivity contribution is 6.04. The number of amides is 1. The SMILES string of the molecule is O=C(Nc1ccc(N2CCCCC2)cc1)c1ccc2nccn2c1. The predicted molar refractivity (Wildman–Crippen MR) is 95.7 cm³/mol. The molecule has 0 bridgehead atoms. The Morgan fingerprint density at radius 1 is 1.00 bits per heavy atom. The molecule has 1 N–H and O–H groups in total. The van der Waals surface area contributed by atoms with Crippen molar-refractivity contribution >= 4 is 22.9 Å². The average Bonchev–Trinajstić information content (AvgIpc) is 3.11. The molecule has 3 aromatic rings. The number of nitrogens with one attached hydrogen (secondary N) is 1. The second-order valence-electron chi connectivity index (χ2n) is 6.16. The largest absolute Gasteiger partial charge is 0.372 e. The fraction of sp³-hybridized carbons (Fsp3) is 0.263. The predicted octanol–water partition coefficient (Wildman–Crippen LogP) is 3.58. The van der Waals surface area contributed by atoms with Crippen molar-refractivity contribution in [1.29, 1.82) is 0 Å². The number of anilines is 2. The van der Waals surface area contributed by atoms with Gasteiger partial charge in [0.05, 0.1) is 5.56 Å². The van der Waals surface area contributed by atoms with Gasteiger partial charge in [0.2, 0.25) is 0 Å². The van der Waals surface area contributed by atoms with E-state index in [2.05, 4.69) is 27.3 Å². The standard InChI is InChI=1S/C19H20N4O/c24-19(15-4-9-18-20-10-13-23(18)14-15)21-16-5-7-17(8-6-16)22-11-2-1-3-12-22/h4-10,13-14H,1-3,11-12H2,(H,21,24). The van der Waals surface area contributed by atoms with E-state index in [-0.39, 0.29) is 5.91 Å². The number of carbonyl (C=O) groups is 1. The van der Waals surface area contributed by atoms with Gasteiger partial charge in [-0.3, -0.25) is 4.79 Å². The molecule has 4 rings (SSSR count). The lowest BCUT2D eigenvalue weighted by Crippen LogP contribution is -2.29. The van der Waals surface area contributed by atoms with Crippen LogP contribution in [0, 0.1) is 0 Å². The molecule has 0 unspecified atom stereocenters. The third-order valence-corrected chi connectivity index (χ3v) is 4.50. The second-order valence-corrected chi connectivity index (χ2v) is 6.16. The molecule has 1 aliphatic rings. The van der Waals surface area contributed by atoms with Crippen LogP contribution in [-0.4, -0.2) is 28.4 Å². The quantitative estimate of drug-likeness (QED) is 0.802. The van der Waals surface area contributed by atoms with Crippen LogP contribution in [0.1, 0.15) is 29.6 Å². The van der Waals surface area contributed by atoms with Gasteiger partial charge < -0.3 is 14.6 Å². The van der Waals surface area contributed by atoms with E-state index in [9.17, 15) is 4.79 Å². The number of hydrogen-bond donors (Lipinski definition) is 1. The number of carbonyl (C=O) groups excluding carboxylic acids is 1. The molecule has 0 radical (unpaired) electrons. The summed E-state index contributed by atoms with van der Waals surface area (Å²) in [5.41, 5.74) is 3.48. The van der Waals surface area contributed by atoms with Gasteiger partial charge in [0.15, 0.2) is 0 Å². The van der Waals surface area contributed by atoms with Crippen LogP contribution in [0.2, 0.25) is 0 Å². The Bertz CT molecular complexity index is 847. The number of hydrogen-bond acceptors (Lipinski definition) is 3. The van der Waals surface area contributed by atoms with Crippen molar-refractivity contribution in [3.63, 3.8) is 0 Å². The number of imidazole rings is 1. The van der Waals surface area contributed by atoms with Crippen molar-refractivity contribution in [3.8, 4) is 0 Å². The van der Waals surface area contributed by atoms with Crippen molar-refractivity contribution in [2.75, 3.05) is 23.3 Å². The molecule has 1 aliphatic heterocycles. The van der Waals surface area contributed by atoms with Crippen LogP contribution >= 0.6 is 0 Å². The number of piperidine rings is 1. The smallest absolute Gasteiger partial charge is 0.257 e. The van der Waals surface area contributed by atoms with Gasteiger partial charge in [0, 0.05) is 43.1 Å². The van der Waals surface area contributed by atoms with E-state index in [1.165, 1.54) is 24.9 Å². The van der Waals surface area contributed by atoms with Crippen LogP contribution < -0.4 is 10.2 Å². The highest BCUT2D eigenvalue weighted by Gasteiger charge is 2.11. The van der Waals surface area contributed by atoms with Gasteiger partial charge in [-0.2, -0.15) is 0 Å². The third kappa shape index (κ3) is 2.97. The maximum atomic E-state index is 12.4. The van der Waals surface area contributed by atoms with Crippen LogP contribution in [0.5, 0.6) is 0 Å². The van der Waals surface area contributed by atoms with Crippen LogP contribution in [-0.2, 0) is 0 Å². The monoisotopic (exact) mass is 320 g/mol. The molecule has 5 nitrogen and oxygen atoms in total. The van der Waals surface area contributed by atoms with E-state index in [0.29, 0.717) is 5.56 Å². The molecule has 24 heavy (non-hydrogen) atoms. The minimum atomic E-state index is -0.115. The summed E-state index contributed by atoms with van der Waals surface area (Å²) in [5, 5.41) is 2.95. The maximum Gasteiger partial charge on any atom is 0.257 e. The average molecular weight is 320 g/mol. The summed E-state index contributed by atoms with van der Waals surface area (Å²) in [4.78, 5) is 19.0. The molecule has 1 aromatic carbocycles. The van der Waals surface area contributed by atoms with Crippen molar-refractivity contribution < 1.29 is 4.79 Å². The zero-order valence-corrected chi connectivity index (χ0v) is 13.5. The molecule has 0 saturated carbocycles. The first-order valence-corrected chi connectivity index (χ1v) is 8.39. The molecule has 2 aromatic heterocycles. The van der Waals surface area contributed by atoms with E-state index in [0.717, 1.165) is 24.4 Å². The number of fused-ring (bicyclic) bond motifs is 1. The Kier molecular flexibility index (Phi) is 3.91. The summed E-state index contributed by atoms with van der Waals surface area (Å²) in [6, 6.07) is 11.7.